The van der Waals surface area contributed by atoms with E-state index in [0.29, 0.717) is 6.04 Å². The highest BCUT2D eigenvalue weighted by Gasteiger charge is 2.21. The first kappa shape index (κ1) is 15.2. The minimum absolute atomic E-state index is 0.169. The third-order valence-corrected chi connectivity index (χ3v) is 4.36. The second-order valence-electron chi connectivity index (χ2n) is 7.28. The van der Waals surface area contributed by atoms with E-state index in [1.807, 2.05) is 0 Å². The van der Waals surface area contributed by atoms with Crippen molar-refractivity contribution in [3.8, 4) is 5.75 Å². The van der Waals surface area contributed by atoms with Crippen LogP contribution in [0.15, 0.2) is 18.2 Å². The van der Waals surface area contributed by atoms with E-state index in [1.165, 1.54) is 31.2 Å². The Labute approximate surface area is 123 Å². The number of nitrogens with one attached hydrogen (secondary N) is 1. The van der Waals surface area contributed by atoms with Crippen LogP contribution in [0.4, 0.5) is 5.69 Å². The average Bonchev–Trinajstić information content (AvgIpc) is 2.37. The fourth-order valence-electron chi connectivity index (χ4n) is 3.07. The molecule has 2 heteroatoms. The third-order valence-electron chi connectivity index (χ3n) is 4.36. The molecule has 1 N–H and O–H groups in total. The van der Waals surface area contributed by atoms with Crippen molar-refractivity contribution in [3.05, 3.63) is 23.8 Å². The van der Waals surface area contributed by atoms with Gasteiger partial charge in [0.2, 0.25) is 0 Å². The number of rotatable bonds is 3. The lowest BCUT2D eigenvalue weighted by molar-refractivity contribution is 0.356. The summed E-state index contributed by atoms with van der Waals surface area (Å²) in [5, 5.41) is 3.72. The normalized spacial score (nSPS) is 23.4. The molecule has 0 radical (unpaired) electrons. The number of ether oxygens (including phenoxy) is 1. The zero-order chi connectivity index (χ0) is 14.8. The van der Waals surface area contributed by atoms with E-state index in [4.69, 9.17) is 4.74 Å². The first-order valence-electron chi connectivity index (χ1n) is 7.85. The fourth-order valence-corrected chi connectivity index (χ4v) is 3.07. The van der Waals surface area contributed by atoms with Crippen molar-refractivity contribution < 1.29 is 4.74 Å². The molecule has 1 fully saturated rings. The summed E-state index contributed by atoms with van der Waals surface area (Å²) in [4.78, 5) is 0. The van der Waals surface area contributed by atoms with Gasteiger partial charge in [0.1, 0.15) is 5.75 Å². The highest BCUT2D eigenvalue weighted by atomic mass is 16.5. The summed E-state index contributed by atoms with van der Waals surface area (Å²) in [6, 6.07) is 7.11. The van der Waals surface area contributed by atoms with E-state index in [0.717, 1.165) is 17.4 Å². The molecule has 1 saturated carbocycles. The van der Waals surface area contributed by atoms with E-state index in [9.17, 15) is 0 Å². The van der Waals surface area contributed by atoms with Crippen molar-refractivity contribution in [2.75, 3.05) is 12.4 Å². The lowest BCUT2D eigenvalue weighted by atomic mass is 9.85. The molecule has 2 nitrogen and oxygen atoms in total. The quantitative estimate of drug-likeness (QED) is 0.839. The van der Waals surface area contributed by atoms with Crippen LogP contribution in [-0.4, -0.2) is 13.2 Å². The molecule has 2 unspecified atom stereocenters. The SMILES string of the molecule is COc1ccc(C(C)(C)C)cc1NC1CCCC(C)C1. The van der Waals surface area contributed by atoms with Gasteiger partial charge in [0.05, 0.1) is 12.8 Å². The Kier molecular flexibility index (Phi) is 4.62. The third kappa shape index (κ3) is 3.68. The van der Waals surface area contributed by atoms with Crippen LogP contribution < -0.4 is 10.1 Å². The van der Waals surface area contributed by atoms with Crippen molar-refractivity contribution in [1.82, 2.24) is 0 Å². The molecule has 20 heavy (non-hydrogen) atoms. The van der Waals surface area contributed by atoms with Crippen molar-refractivity contribution >= 4 is 5.69 Å². The standard InChI is InChI=1S/C18H29NO/c1-13-7-6-8-15(11-13)19-16-12-14(18(2,3)4)9-10-17(16)20-5/h9-10,12-13,15,19H,6-8,11H2,1-5H3. The lowest BCUT2D eigenvalue weighted by Gasteiger charge is -2.29. The summed E-state index contributed by atoms with van der Waals surface area (Å²) in [6.45, 7) is 9.11. The van der Waals surface area contributed by atoms with Gasteiger partial charge < -0.3 is 10.1 Å². The van der Waals surface area contributed by atoms with E-state index in [1.54, 1.807) is 7.11 Å². The van der Waals surface area contributed by atoms with Gasteiger partial charge in [-0.25, -0.2) is 0 Å². The molecule has 1 aromatic rings. The van der Waals surface area contributed by atoms with E-state index >= 15 is 0 Å². The van der Waals surface area contributed by atoms with Gasteiger partial charge in [-0.15, -0.1) is 0 Å². The van der Waals surface area contributed by atoms with Gasteiger partial charge in [-0.1, -0.05) is 46.6 Å². The molecular weight excluding hydrogens is 246 g/mol. The van der Waals surface area contributed by atoms with Crippen molar-refractivity contribution in [1.29, 1.82) is 0 Å². The van der Waals surface area contributed by atoms with Crippen LogP contribution in [0.3, 0.4) is 0 Å². The Morgan fingerprint density at radius 2 is 1.95 bits per heavy atom. The van der Waals surface area contributed by atoms with Crippen LogP contribution in [0.5, 0.6) is 5.75 Å². The fraction of sp³-hybridized carbons (Fsp3) is 0.667. The summed E-state index contributed by atoms with van der Waals surface area (Å²) in [5.41, 5.74) is 2.67. The molecule has 0 spiro atoms. The highest BCUT2D eigenvalue weighted by molar-refractivity contribution is 5.59. The first-order chi connectivity index (χ1) is 9.40. The van der Waals surface area contributed by atoms with E-state index < -0.39 is 0 Å². The van der Waals surface area contributed by atoms with Crippen LogP contribution >= 0.6 is 0 Å². The maximum atomic E-state index is 5.52. The molecule has 112 valence electrons. The van der Waals surface area contributed by atoms with Crippen molar-refractivity contribution in [3.63, 3.8) is 0 Å². The number of hydrogen-bond donors (Lipinski definition) is 1. The molecule has 1 aliphatic rings. The van der Waals surface area contributed by atoms with E-state index in [-0.39, 0.29) is 5.41 Å². The Morgan fingerprint density at radius 3 is 2.55 bits per heavy atom. The molecule has 0 amide bonds. The molecule has 1 aliphatic carbocycles. The Morgan fingerprint density at radius 1 is 1.20 bits per heavy atom. The van der Waals surface area contributed by atoms with Crippen LogP contribution in [0.2, 0.25) is 0 Å². The van der Waals surface area contributed by atoms with Gasteiger partial charge >= 0.3 is 0 Å². The second-order valence-corrected chi connectivity index (χ2v) is 7.28. The Bertz CT molecular complexity index is 447. The molecule has 0 saturated heterocycles. The summed E-state index contributed by atoms with van der Waals surface area (Å²) in [6.07, 6.45) is 5.24. The molecule has 0 aromatic heterocycles. The summed E-state index contributed by atoms with van der Waals surface area (Å²) in [5.74, 6) is 1.79. The molecule has 1 aromatic carbocycles. The zero-order valence-corrected chi connectivity index (χ0v) is 13.6. The minimum atomic E-state index is 0.169. The Hall–Kier alpha value is -1.18. The molecular formula is C18H29NO. The molecule has 0 aliphatic heterocycles. The minimum Gasteiger partial charge on any atom is -0.495 e. The predicted molar refractivity (Wildman–Crippen MR) is 86.7 cm³/mol. The van der Waals surface area contributed by atoms with Crippen LogP contribution in [0.1, 0.15) is 58.9 Å². The summed E-state index contributed by atoms with van der Waals surface area (Å²) < 4.78 is 5.52. The number of hydrogen-bond acceptors (Lipinski definition) is 2. The van der Waals surface area contributed by atoms with Gasteiger partial charge in [-0.2, -0.15) is 0 Å². The number of methoxy groups -OCH3 is 1. The Balaban J connectivity index is 2.20. The largest absolute Gasteiger partial charge is 0.495 e. The van der Waals surface area contributed by atoms with Gasteiger partial charge in [-0.3, -0.25) is 0 Å². The number of benzene rings is 1. The summed E-state index contributed by atoms with van der Waals surface area (Å²) >= 11 is 0. The maximum absolute atomic E-state index is 5.52. The molecule has 0 heterocycles. The van der Waals surface area contributed by atoms with Gasteiger partial charge in [0, 0.05) is 6.04 Å². The average molecular weight is 275 g/mol. The first-order valence-corrected chi connectivity index (χ1v) is 7.85. The van der Waals surface area contributed by atoms with Crippen LogP contribution in [-0.2, 0) is 5.41 Å². The maximum Gasteiger partial charge on any atom is 0.141 e. The van der Waals surface area contributed by atoms with Crippen LogP contribution in [0, 0.1) is 5.92 Å². The topological polar surface area (TPSA) is 21.3 Å². The highest BCUT2D eigenvalue weighted by Crippen LogP contribution is 2.34. The van der Waals surface area contributed by atoms with Crippen molar-refractivity contribution in [2.24, 2.45) is 5.92 Å². The molecule has 2 rings (SSSR count). The predicted octanol–water partition coefficient (Wildman–Crippen LogP) is 4.98. The number of anilines is 1. The van der Waals surface area contributed by atoms with Crippen molar-refractivity contribution in [2.45, 2.75) is 64.8 Å². The van der Waals surface area contributed by atoms with E-state index in [2.05, 4.69) is 51.2 Å². The van der Waals surface area contributed by atoms with Gasteiger partial charge in [0.25, 0.3) is 0 Å². The summed E-state index contributed by atoms with van der Waals surface area (Å²) in [7, 11) is 1.75. The van der Waals surface area contributed by atoms with Crippen LogP contribution in [0.25, 0.3) is 0 Å². The molecule has 0 bridgehead atoms. The smallest absolute Gasteiger partial charge is 0.141 e. The lowest BCUT2D eigenvalue weighted by Crippen LogP contribution is -2.26. The zero-order valence-electron chi connectivity index (χ0n) is 13.6. The molecule has 2 atom stereocenters. The second kappa shape index (κ2) is 6.07. The van der Waals surface area contributed by atoms with Gasteiger partial charge in [0.15, 0.2) is 0 Å². The monoisotopic (exact) mass is 275 g/mol. The van der Waals surface area contributed by atoms with Gasteiger partial charge in [-0.05, 0) is 41.9 Å².